The third-order valence-corrected chi connectivity index (χ3v) is 5.80. The summed E-state index contributed by atoms with van der Waals surface area (Å²) in [5.74, 6) is 0.813. The van der Waals surface area contributed by atoms with Crippen LogP contribution in [-0.4, -0.2) is 37.3 Å². The van der Waals surface area contributed by atoms with E-state index in [-0.39, 0.29) is 11.5 Å². The molecule has 0 amide bonds. The second-order valence-corrected chi connectivity index (χ2v) is 7.75. The van der Waals surface area contributed by atoms with E-state index >= 15 is 0 Å². The molecule has 26 heavy (non-hydrogen) atoms. The van der Waals surface area contributed by atoms with Crippen LogP contribution in [0, 0.1) is 0 Å². The van der Waals surface area contributed by atoms with Gasteiger partial charge in [-0.1, -0.05) is 6.07 Å². The molecule has 2 aromatic rings. The number of piperidine rings is 1. The van der Waals surface area contributed by atoms with E-state index in [1.165, 1.54) is 4.68 Å². The second kappa shape index (κ2) is 6.46. The van der Waals surface area contributed by atoms with E-state index in [1.54, 1.807) is 4.57 Å². The summed E-state index contributed by atoms with van der Waals surface area (Å²) in [6, 6.07) is 5.89. The van der Waals surface area contributed by atoms with Gasteiger partial charge in [-0.25, -0.2) is 4.68 Å². The fourth-order valence-electron chi connectivity index (χ4n) is 4.23. The summed E-state index contributed by atoms with van der Waals surface area (Å²) < 4.78 is 2.98. The predicted octanol–water partition coefficient (Wildman–Crippen LogP) is 1.32. The minimum atomic E-state index is -0.506. The lowest BCUT2D eigenvalue weighted by Gasteiger charge is -2.38. The summed E-state index contributed by atoms with van der Waals surface area (Å²) in [6.45, 7) is 7.14. The number of hydrogen-bond donors (Lipinski definition) is 0. The Kier molecular flexibility index (Phi) is 4.26. The first-order chi connectivity index (χ1) is 12.5. The summed E-state index contributed by atoms with van der Waals surface area (Å²) in [4.78, 5) is 31.6. The third kappa shape index (κ3) is 2.80. The van der Waals surface area contributed by atoms with E-state index in [4.69, 9.17) is 0 Å². The average Bonchev–Trinajstić information content (AvgIpc) is 2.99. The molecule has 138 valence electrons. The average molecular weight is 355 g/mol. The SMILES string of the molecule is CC(C)n1nc2n(c(=O)c1=O)CCC21CCN(Cc2ccccn2)CC1. The molecule has 0 aliphatic carbocycles. The maximum Gasteiger partial charge on any atom is 0.332 e. The molecule has 4 rings (SSSR count). The maximum atomic E-state index is 12.5. The van der Waals surface area contributed by atoms with Crippen LogP contribution < -0.4 is 11.1 Å². The Morgan fingerprint density at radius 1 is 1.08 bits per heavy atom. The van der Waals surface area contributed by atoms with E-state index in [9.17, 15) is 9.59 Å². The van der Waals surface area contributed by atoms with Gasteiger partial charge in [0.1, 0.15) is 5.82 Å². The zero-order chi connectivity index (χ0) is 18.3. The van der Waals surface area contributed by atoms with Crippen LogP contribution in [0.5, 0.6) is 0 Å². The van der Waals surface area contributed by atoms with Crippen LogP contribution in [0.1, 0.15) is 50.7 Å². The molecule has 1 spiro atoms. The second-order valence-electron chi connectivity index (χ2n) is 7.75. The first-order valence-electron chi connectivity index (χ1n) is 9.37. The Morgan fingerprint density at radius 2 is 1.81 bits per heavy atom. The molecule has 4 heterocycles. The van der Waals surface area contributed by atoms with E-state index in [0.29, 0.717) is 6.54 Å². The van der Waals surface area contributed by atoms with Gasteiger partial charge in [0.15, 0.2) is 0 Å². The number of rotatable bonds is 3. The smallest absolute Gasteiger partial charge is 0.297 e. The number of aromatic nitrogens is 4. The van der Waals surface area contributed by atoms with Gasteiger partial charge in [-0.15, -0.1) is 0 Å². The van der Waals surface area contributed by atoms with Gasteiger partial charge in [0.25, 0.3) is 0 Å². The van der Waals surface area contributed by atoms with Gasteiger partial charge in [0, 0.05) is 24.7 Å². The van der Waals surface area contributed by atoms with E-state index in [2.05, 4.69) is 21.0 Å². The van der Waals surface area contributed by atoms with Gasteiger partial charge in [0.2, 0.25) is 0 Å². The third-order valence-electron chi connectivity index (χ3n) is 5.80. The summed E-state index contributed by atoms with van der Waals surface area (Å²) in [7, 11) is 0. The van der Waals surface area contributed by atoms with Gasteiger partial charge >= 0.3 is 11.1 Å². The monoisotopic (exact) mass is 355 g/mol. The van der Waals surface area contributed by atoms with Crippen molar-refractivity contribution in [1.29, 1.82) is 0 Å². The first-order valence-corrected chi connectivity index (χ1v) is 9.37. The van der Waals surface area contributed by atoms with Crippen molar-refractivity contribution in [2.75, 3.05) is 13.1 Å². The van der Waals surface area contributed by atoms with Crippen molar-refractivity contribution >= 4 is 0 Å². The molecule has 1 saturated heterocycles. The molecule has 0 atom stereocenters. The van der Waals surface area contributed by atoms with E-state index < -0.39 is 11.1 Å². The number of nitrogens with zero attached hydrogens (tertiary/aromatic N) is 5. The topological polar surface area (TPSA) is 73.0 Å². The minimum Gasteiger partial charge on any atom is -0.297 e. The molecule has 2 aromatic heterocycles. The number of hydrogen-bond acceptors (Lipinski definition) is 5. The van der Waals surface area contributed by atoms with Crippen molar-refractivity contribution < 1.29 is 0 Å². The fourth-order valence-corrected chi connectivity index (χ4v) is 4.23. The Labute approximate surface area is 152 Å². The lowest BCUT2D eigenvalue weighted by atomic mass is 9.76. The highest BCUT2D eigenvalue weighted by molar-refractivity contribution is 5.16. The van der Waals surface area contributed by atoms with Gasteiger partial charge in [-0.05, 0) is 58.3 Å². The Hall–Kier alpha value is -2.28. The predicted molar refractivity (Wildman–Crippen MR) is 98.2 cm³/mol. The van der Waals surface area contributed by atoms with Gasteiger partial charge < -0.3 is 0 Å². The maximum absolute atomic E-state index is 12.5. The van der Waals surface area contributed by atoms with Crippen LogP contribution >= 0.6 is 0 Å². The Bertz CT molecular complexity index is 908. The zero-order valence-corrected chi connectivity index (χ0v) is 15.4. The van der Waals surface area contributed by atoms with Crippen molar-refractivity contribution in [3.05, 3.63) is 56.6 Å². The Balaban J connectivity index is 1.58. The number of likely N-dealkylation sites (tertiary alicyclic amines) is 1. The molecule has 7 nitrogen and oxygen atoms in total. The fraction of sp³-hybridized carbons (Fsp3) is 0.579. The van der Waals surface area contributed by atoms with Crippen LogP contribution in [0.2, 0.25) is 0 Å². The van der Waals surface area contributed by atoms with Crippen molar-refractivity contribution in [2.45, 2.75) is 57.7 Å². The van der Waals surface area contributed by atoms with E-state index in [0.717, 1.165) is 50.4 Å². The first kappa shape index (κ1) is 17.1. The lowest BCUT2D eigenvalue weighted by molar-refractivity contribution is 0.147. The molecule has 0 radical (unpaired) electrons. The van der Waals surface area contributed by atoms with Gasteiger partial charge in [-0.3, -0.25) is 24.0 Å². The highest BCUT2D eigenvalue weighted by Gasteiger charge is 2.44. The van der Waals surface area contributed by atoms with Crippen LogP contribution in [0.25, 0.3) is 0 Å². The molecule has 2 aliphatic heterocycles. The summed E-state index contributed by atoms with van der Waals surface area (Å²) >= 11 is 0. The molecule has 0 bridgehead atoms. The van der Waals surface area contributed by atoms with Crippen molar-refractivity contribution in [3.63, 3.8) is 0 Å². The summed E-state index contributed by atoms with van der Waals surface area (Å²) in [6.07, 6.45) is 4.65. The molecular weight excluding hydrogens is 330 g/mol. The number of pyridine rings is 1. The van der Waals surface area contributed by atoms with E-state index in [1.807, 2.05) is 32.2 Å². The van der Waals surface area contributed by atoms with Gasteiger partial charge in [-0.2, -0.15) is 5.10 Å². The van der Waals surface area contributed by atoms with Crippen molar-refractivity contribution in [2.24, 2.45) is 0 Å². The molecule has 7 heteroatoms. The zero-order valence-electron chi connectivity index (χ0n) is 15.4. The molecule has 1 fully saturated rings. The van der Waals surface area contributed by atoms with Crippen LogP contribution in [-0.2, 0) is 18.5 Å². The molecule has 0 unspecified atom stereocenters. The van der Waals surface area contributed by atoms with Gasteiger partial charge in [0.05, 0.1) is 11.7 Å². The van der Waals surface area contributed by atoms with Crippen molar-refractivity contribution in [3.8, 4) is 0 Å². The number of fused-ring (bicyclic) bond motifs is 2. The van der Waals surface area contributed by atoms with Crippen LogP contribution in [0.4, 0.5) is 0 Å². The standard InChI is InChI=1S/C19H25N5O2/c1-14(2)24-17(26)16(25)23-12-8-19(18(23)21-24)6-10-22(11-7-19)13-15-5-3-4-9-20-15/h3-5,9,14H,6-8,10-13H2,1-2H3. The molecule has 0 aromatic carbocycles. The summed E-state index contributed by atoms with van der Waals surface area (Å²) in [5, 5.41) is 4.64. The van der Waals surface area contributed by atoms with Crippen LogP contribution in [0.15, 0.2) is 34.0 Å². The highest BCUT2D eigenvalue weighted by Crippen LogP contribution is 2.41. The normalized spacial score (nSPS) is 19.2. The summed E-state index contributed by atoms with van der Waals surface area (Å²) in [5.41, 5.74) is 0.0764. The highest BCUT2D eigenvalue weighted by atomic mass is 16.2. The largest absolute Gasteiger partial charge is 0.332 e. The lowest BCUT2D eigenvalue weighted by Crippen LogP contribution is -2.47. The van der Waals surface area contributed by atoms with Crippen molar-refractivity contribution in [1.82, 2.24) is 24.2 Å². The quantitative estimate of drug-likeness (QED) is 0.777. The Morgan fingerprint density at radius 3 is 2.46 bits per heavy atom. The molecular formula is C19H25N5O2. The molecule has 0 saturated carbocycles. The molecule has 2 aliphatic rings. The van der Waals surface area contributed by atoms with Crippen LogP contribution in [0.3, 0.4) is 0 Å². The minimum absolute atomic E-state index is 0.0792. The molecule has 0 N–H and O–H groups in total.